The fraction of sp³-hybridized carbons (Fsp3) is 0.211. The second-order valence-corrected chi connectivity index (χ2v) is 6.31. The molecule has 26 heavy (non-hydrogen) atoms. The Labute approximate surface area is 156 Å². The number of para-hydroxylation sites is 1. The molecule has 0 aliphatic carbocycles. The monoisotopic (exact) mass is 372 g/mol. The normalized spacial score (nSPS) is 10.1. The lowest BCUT2D eigenvalue weighted by Crippen LogP contribution is -2.32. The van der Waals surface area contributed by atoms with Crippen LogP contribution in [-0.4, -0.2) is 37.2 Å². The van der Waals surface area contributed by atoms with Crippen LogP contribution in [0.2, 0.25) is 0 Å². The molecule has 2 rings (SSSR count). The summed E-state index contributed by atoms with van der Waals surface area (Å²) in [6.07, 6.45) is 1.90. The van der Waals surface area contributed by atoms with Crippen LogP contribution in [0.25, 0.3) is 0 Å². The van der Waals surface area contributed by atoms with Crippen molar-refractivity contribution in [2.24, 2.45) is 0 Å². The van der Waals surface area contributed by atoms with E-state index in [1.54, 1.807) is 24.3 Å². The molecule has 0 heterocycles. The molecule has 6 nitrogen and oxygen atoms in total. The van der Waals surface area contributed by atoms with Crippen LogP contribution < -0.4 is 10.6 Å². The summed E-state index contributed by atoms with van der Waals surface area (Å²) in [7, 11) is 0. The summed E-state index contributed by atoms with van der Waals surface area (Å²) in [5.41, 5.74) is 2.07. The summed E-state index contributed by atoms with van der Waals surface area (Å²) in [5.74, 6) is -1.49. The molecule has 0 aliphatic heterocycles. The van der Waals surface area contributed by atoms with Crippen molar-refractivity contribution in [3.05, 3.63) is 59.7 Å². The molecule has 0 radical (unpaired) electrons. The highest BCUT2D eigenvalue weighted by Gasteiger charge is 2.12. The van der Waals surface area contributed by atoms with Crippen LogP contribution in [-0.2, 0) is 14.3 Å². The van der Waals surface area contributed by atoms with Crippen LogP contribution in [0.5, 0.6) is 0 Å². The second-order valence-electron chi connectivity index (χ2n) is 5.46. The Hall–Kier alpha value is -2.80. The maximum absolute atomic E-state index is 12.0. The van der Waals surface area contributed by atoms with Gasteiger partial charge in [0.15, 0.2) is 6.61 Å². The first-order chi connectivity index (χ1) is 12.5. The van der Waals surface area contributed by atoms with E-state index in [1.807, 2.05) is 37.4 Å². The van der Waals surface area contributed by atoms with Gasteiger partial charge in [0.05, 0.1) is 5.69 Å². The number of amides is 2. The molecule has 2 aromatic rings. The highest BCUT2D eigenvalue weighted by molar-refractivity contribution is 7.98. The van der Waals surface area contributed by atoms with Crippen molar-refractivity contribution < 1.29 is 19.1 Å². The number of thioether (sulfide) groups is 1. The zero-order chi connectivity index (χ0) is 18.9. The number of nitrogens with one attached hydrogen (secondary N) is 2. The molecule has 0 spiro atoms. The summed E-state index contributed by atoms with van der Waals surface area (Å²) in [6.45, 7) is 1.15. The first-order valence-corrected chi connectivity index (χ1v) is 9.15. The van der Waals surface area contributed by atoms with Gasteiger partial charge in [-0.1, -0.05) is 29.8 Å². The van der Waals surface area contributed by atoms with Crippen molar-refractivity contribution in [1.82, 2.24) is 5.32 Å². The molecule has 0 saturated carbocycles. The van der Waals surface area contributed by atoms with Gasteiger partial charge in [0.2, 0.25) is 0 Å². The first-order valence-electron chi connectivity index (χ1n) is 7.93. The third kappa shape index (κ3) is 5.93. The van der Waals surface area contributed by atoms with E-state index in [1.165, 1.54) is 11.8 Å². The van der Waals surface area contributed by atoms with Crippen molar-refractivity contribution in [3.63, 3.8) is 0 Å². The Balaban J connectivity index is 1.76. The summed E-state index contributed by atoms with van der Waals surface area (Å²) in [6, 6.07) is 14.3. The number of rotatable bonds is 7. The van der Waals surface area contributed by atoms with Crippen molar-refractivity contribution >= 4 is 35.2 Å². The molecule has 7 heteroatoms. The number of benzene rings is 2. The number of anilines is 1. The molecule has 0 saturated heterocycles. The van der Waals surface area contributed by atoms with Gasteiger partial charge in [-0.15, -0.1) is 11.8 Å². The fourth-order valence-electron chi connectivity index (χ4n) is 2.17. The van der Waals surface area contributed by atoms with Crippen LogP contribution in [0.15, 0.2) is 53.4 Å². The molecule has 0 unspecified atom stereocenters. The van der Waals surface area contributed by atoms with Gasteiger partial charge in [-0.05, 0) is 37.4 Å². The average molecular weight is 372 g/mol. The van der Waals surface area contributed by atoms with Gasteiger partial charge in [0, 0.05) is 10.5 Å². The van der Waals surface area contributed by atoms with E-state index in [4.69, 9.17) is 4.74 Å². The molecule has 0 atom stereocenters. The van der Waals surface area contributed by atoms with Crippen LogP contribution in [0.3, 0.4) is 0 Å². The largest absolute Gasteiger partial charge is 0.454 e. The lowest BCUT2D eigenvalue weighted by atomic mass is 10.1. The molecule has 0 bridgehead atoms. The summed E-state index contributed by atoms with van der Waals surface area (Å²) < 4.78 is 4.89. The second kappa shape index (κ2) is 9.62. The van der Waals surface area contributed by atoms with Gasteiger partial charge >= 0.3 is 5.97 Å². The molecule has 0 aromatic heterocycles. The van der Waals surface area contributed by atoms with Crippen molar-refractivity contribution in [2.75, 3.05) is 24.7 Å². The molecular weight excluding hydrogens is 352 g/mol. The summed E-state index contributed by atoms with van der Waals surface area (Å²) in [4.78, 5) is 36.5. The van der Waals surface area contributed by atoms with Crippen molar-refractivity contribution in [2.45, 2.75) is 11.8 Å². The van der Waals surface area contributed by atoms with Gasteiger partial charge < -0.3 is 15.4 Å². The summed E-state index contributed by atoms with van der Waals surface area (Å²) >= 11 is 1.50. The number of ether oxygens (including phenoxy) is 1. The lowest BCUT2D eigenvalue weighted by molar-refractivity contribution is -0.146. The maximum atomic E-state index is 12.0. The fourth-order valence-corrected chi connectivity index (χ4v) is 2.73. The number of carbonyl (C=O) groups excluding carboxylic acids is 3. The number of hydrogen-bond donors (Lipinski definition) is 2. The summed E-state index contributed by atoms with van der Waals surface area (Å²) in [5, 5.41) is 5.16. The number of hydrogen-bond acceptors (Lipinski definition) is 5. The van der Waals surface area contributed by atoms with E-state index in [0.717, 1.165) is 10.5 Å². The standard InChI is InChI=1S/C19H20N2O4S/c1-13-6-5-7-14(10-13)19(24)20-11-18(23)25-12-17(22)21-15-8-3-4-9-16(15)26-2/h3-10H,11-12H2,1-2H3,(H,20,24)(H,21,22). The van der Waals surface area contributed by atoms with Gasteiger partial charge in [0.25, 0.3) is 11.8 Å². The van der Waals surface area contributed by atoms with E-state index in [-0.39, 0.29) is 12.5 Å². The zero-order valence-corrected chi connectivity index (χ0v) is 15.4. The minimum absolute atomic E-state index is 0.304. The lowest BCUT2D eigenvalue weighted by Gasteiger charge is -2.10. The molecule has 136 valence electrons. The minimum Gasteiger partial charge on any atom is -0.454 e. The molecule has 0 aliphatic rings. The van der Waals surface area contributed by atoms with Crippen LogP contribution >= 0.6 is 11.8 Å². The predicted molar refractivity (Wildman–Crippen MR) is 101 cm³/mol. The SMILES string of the molecule is CSc1ccccc1NC(=O)COC(=O)CNC(=O)c1cccc(C)c1. The molecular formula is C19H20N2O4S. The number of carbonyl (C=O) groups is 3. The zero-order valence-electron chi connectivity index (χ0n) is 14.6. The molecule has 2 amide bonds. The Morgan fingerprint density at radius 1 is 1.08 bits per heavy atom. The van der Waals surface area contributed by atoms with Crippen LogP contribution in [0, 0.1) is 6.92 Å². The van der Waals surface area contributed by atoms with Gasteiger partial charge in [-0.25, -0.2) is 0 Å². The van der Waals surface area contributed by atoms with Crippen molar-refractivity contribution in [3.8, 4) is 0 Å². The Morgan fingerprint density at radius 3 is 2.58 bits per heavy atom. The van der Waals surface area contributed by atoms with E-state index < -0.39 is 18.5 Å². The molecule has 0 fully saturated rings. The molecule has 2 aromatic carbocycles. The number of esters is 1. The smallest absolute Gasteiger partial charge is 0.325 e. The molecule has 2 N–H and O–H groups in total. The Kier molecular flexibility index (Phi) is 7.23. The van der Waals surface area contributed by atoms with Gasteiger partial charge in [-0.2, -0.15) is 0 Å². The highest BCUT2D eigenvalue weighted by atomic mass is 32.2. The topological polar surface area (TPSA) is 84.5 Å². The van der Waals surface area contributed by atoms with Gasteiger partial charge in [0.1, 0.15) is 6.54 Å². The maximum Gasteiger partial charge on any atom is 0.325 e. The minimum atomic E-state index is -0.681. The third-order valence-corrected chi connectivity index (χ3v) is 4.21. The van der Waals surface area contributed by atoms with E-state index in [0.29, 0.717) is 11.3 Å². The highest BCUT2D eigenvalue weighted by Crippen LogP contribution is 2.24. The van der Waals surface area contributed by atoms with E-state index in [9.17, 15) is 14.4 Å². The van der Waals surface area contributed by atoms with Crippen molar-refractivity contribution in [1.29, 1.82) is 0 Å². The first kappa shape index (κ1) is 19.5. The quantitative estimate of drug-likeness (QED) is 0.577. The van der Waals surface area contributed by atoms with Crippen LogP contribution in [0.1, 0.15) is 15.9 Å². The third-order valence-electron chi connectivity index (χ3n) is 3.42. The number of aryl methyl sites for hydroxylation is 1. The Morgan fingerprint density at radius 2 is 1.85 bits per heavy atom. The van der Waals surface area contributed by atoms with E-state index >= 15 is 0 Å². The van der Waals surface area contributed by atoms with Gasteiger partial charge in [-0.3, -0.25) is 14.4 Å². The van der Waals surface area contributed by atoms with E-state index in [2.05, 4.69) is 10.6 Å². The van der Waals surface area contributed by atoms with Crippen LogP contribution in [0.4, 0.5) is 5.69 Å². The average Bonchev–Trinajstić information content (AvgIpc) is 2.64. The predicted octanol–water partition coefficient (Wildman–Crippen LogP) is 2.63. The Bertz CT molecular complexity index is 808.